The quantitative estimate of drug-likeness (QED) is 0.685. The Labute approximate surface area is 92.5 Å². The highest BCUT2D eigenvalue weighted by molar-refractivity contribution is 7.80. The van der Waals surface area contributed by atoms with Crippen molar-refractivity contribution in [1.82, 2.24) is 0 Å². The summed E-state index contributed by atoms with van der Waals surface area (Å²) in [5.74, 6) is 0.0306. The zero-order valence-electron chi connectivity index (χ0n) is 7.37. The minimum atomic E-state index is 0.0306. The van der Waals surface area contributed by atoms with Crippen LogP contribution in [-0.2, 0) is 4.79 Å². The summed E-state index contributed by atoms with van der Waals surface area (Å²) in [7, 11) is 0. The van der Waals surface area contributed by atoms with E-state index in [-0.39, 0.29) is 5.91 Å². The first-order valence-corrected chi connectivity index (χ1v) is 5.09. The van der Waals surface area contributed by atoms with Gasteiger partial charge in [0.15, 0.2) is 0 Å². The van der Waals surface area contributed by atoms with Crippen LogP contribution in [0.15, 0.2) is 24.3 Å². The Kier molecular flexibility index (Phi) is 2.52. The lowest BCUT2D eigenvalue weighted by Gasteiger charge is -2.16. The molecule has 72 valence electrons. The number of halogens is 1. The summed E-state index contributed by atoms with van der Waals surface area (Å²) >= 11 is 11.1. The summed E-state index contributed by atoms with van der Waals surface area (Å²) < 4.78 is 0. The molecule has 4 heteroatoms. The number of anilines is 1. The molecule has 0 radical (unpaired) electrons. The van der Waals surface area contributed by atoms with Gasteiger partial charge in [0.05, 0.1) is 15.7 Å². The van der Waals surface area contributed by atoms with Gasteiger partial charge in [-0.15, -0.1) is 0 Å². The highest BCUT2D eigenvalue weighted by Gasteiger charge is 2.28. The molecule has 1 saturated heterocycles. The summed E-state index contributed by atoms with van der Waals surface area (Å²) in [6.07, 6.45) is 1.14. The van der Waals surface area contributed by atoms with Gasteiger partial charge in [0.25, 0.3) is 0 Å². The lowest BCUT2D eigenvalue weighted by Crippen LogP contribution is -2.27. The molecule has 1 amide bonds. The fourth-order valence-electron chi connectivity index (χ4n) is 1.48. The number of carbonyl (C=O) groups is 1. The maximum atomic E-state index is 11.5. The fourth-order valence-corrected chi connectivity index (χ4v) is 2.00. The minimum Gasteiger partial charge on any atom is -0.274 e. The molecular weight excluding hydrogens is 218 g/mol. The molecule has 0 aromatic heterocycles. The lowest BCUT2D eigenvalue weighted by atomic mass is 10.3. The maximum absolute atomic E-state index is 11.5. The van der Waals surface area contributed by atoms with Crippen LogP contribution in [-0.4, -0.2) is 10.9 Å². The second kappa shape index (κ2) is 3.67. The van der Waals surface area contributed by atoms with E-state index in [2.05, 4.69) is 0 Å². The number of hydrogen-bond acceptors (Lipinski definition) is 2. The first-order chi connectivity index (χ1) is 6.70. The molecule has 14 heavy (non-hydrogen) atoms. The summed E-state index contributed by atoms with van der Waals surface area (Å²) in [4.78, 5) is 13.7. The van der Waals surface area contributed by atoms with E-state index >= 15 is 0 Å². The van der Waals surface area contributed by atoms with Crippen molar-refractivity contribution < 1.29 is 4.79 Å². The summed E-state index contributed by atoms with van der Waals surface area (Å²) in [6, 6.07) is 7.23. The van der Waals surface area contributed by atoms with Gasteiger partial charge in [-0.05, 0) is 12.1 Å². The number of rotatable bonds is 1. The molecule has 0 spiro atoms. The molecule has 0 atom stereocenters. The summed E-state index contributed by atoms with van der Waals surface area (Å²) in [6.45, 7) is 0. The molecule has 0 bridgehead atoms. The Morgan fingerprint density at radius 1 is 1.29 bits per heavy atom. The predicted octanol–water partition coefficient (Wildman–Crippen LogP) is 2.79. The van der Waals surface area contributed by atoms with E-state index in [1.165, 1.54) is 4.90 Å². The number of carbonyl (C=O) groups excluding carboxylic acids is 1. The third kappa shape index (κ3) is 1.53. The van der Waals surface area contributed by atoms with Gasteiger partial charge in [-0.1, -0.05) is 36.0 Å². The molecule has 1 aromatic rings. The number of benzene rings is 1. The van der Waals surface area contributed by atoms with Crippen LogP contribution in [0.5, 0.6) is 0 Å². The highest BCUT2D eigenvalue weighted by Crippen LogP contribution is 2.29. The minimum absolute atomic E-state index is 0.0306. The molecule has 2 nitrogen and oxygen atoms in total. The van der Waals surface area contributed by atoms with Crippen molar-refractivity contribution in [3.8, 4) is 0 Å². The average Bonchev–Trinajstić information content (AvgIpc) is 2.48. The van der Waals surface area contributed by atoms with Gasteiger partial charge in [0.2, 0.25) is 5.91 Å². The molecule has 0 aliphatic carbocycles. The van der Waals surface area contributed by atoms with E-state index in [1.807, 2.05) is 12.1 Å². The highest BCUT2D eigenvalue weighted by atomic mass is 35.5. The van der Waals surface area contributed by atoms with Crippen molar-refractivity contribution in [3.63, 3.8) is 0 Å². The molecular formula is C10H8ClNOS. The predicted molar refractivity (Wildman–Crippen MR) is 60.8 cm³/mol. The van der Waals surface area contributed by atoms with Crippen LogP contribution < -0.4 is 4.90 Å². The van der Waals surface area contributed by atoms with Crippen molar-refractivity contribution >= 4 is 40.4 Å². The van der Waals surface area contributed by atoms with Crippen LogP contribution in [0.1, 0.15) is 12.8 Å². The number of hydrogen-bond donors (Lipinski definition) is 0. The molecule has 0 unspecified atom stereocenters. The normalized spacial score (nSPS) is 16.5. The van der Waals surface area contributed by atoms with Crippen LogP contribution in [0.25, 0.3) is 0 Å². The molecule has 0 saturated carbocycles. The molecule has 1 fully saturated rings. The third-order valence-electron chi connectivity index (χ3n) is 2.14. The Morgan fingerprint density at radius 3 is 2.57 bits per heavy atom. The van der Waals surface area contributed by atoms with Gasteiger partial charge in [-0.2, -0.15) is 0 Å². The second-order valence-corrected chi connectivity index (χ2v) is 3.95. The number of amides is 1. The zero-order chi connectivity index (χ0) is 10.1. The van der Waals surface area contributed by atoms with Gasteiger partial charge in [0.1, 0.15) is 0 Å². The van der Waals surface area contributed by atoms with Crippen molar-refractivity contribution in [1.29, 1.82) is 0 Å². The van der Waals surface area contributed by atoms with E-state index < -0.39 is 0 Å². The monoisotopic (exact) mass is 225 g/mol. The van der Waals surface area contributed by atoms with E-state index in [0.29, 0.717) is 28.5 Å². The summed E-state index contributed by atoms with van der Waals surface area (Å²) in [5.41, 5.74) is 0.696. The Balaban J connectivity index is 2.44. The standard InChI is InChI=1S/C10H8ClNOS/c11-7-3-1-2-4-8(7)12-9(13)5-6-10(12)14/h1-4H,5-6H2. The van der Waals surface area contributed by atoms with Crippen molar-refractivity contribution in [3.05, 3.63) is 29.3 Å². The average molecular weight is 226 g/mol. The van der Waals surface area contributed by atoms with Crippen molar-refractivity contribution in [2.75, 3.05) is 4.90 Å². The summed E-state index contributed by atoms with van der Waals surface area (Å²) in [5, 5.41) is 0.560. The van der Waals surface area contributed by atoms with Gasteiger partial charge >= 0.3 is 0 Å². The van der Waals surface area contributed by atoms with Crippen LogP contribution in [0.3, 0.4) is 0 Å². The molecule has 0 N–H and O–H groups in total. The molecule has 1 aromatic carbocycles. The Morgan fingerprint density at radius 2 is 2.00 bits per heavy atom. The molecule has 1 aliphatic rings. The van der Waals surface area contributed by atoms with E-state index in [9.17, 15) is 4.79 Å². The zero-order valence-corrected chi connectivity index (χ0v) is 8.94. The first kappa shape index (κ1) is 9.62. The van der Waals surface area contributed by atoms with E-state index in [0.717, 1.165) is 0 Å². The van der Waals surface area contributed by atoms with Crippen molar-refractivity contribution in [2.45, 2.75) is 12.8 Å². The maximum Gasteiger partial charge on any atom is 0.232 e. The smallest absolute Gasteiger partial charge is 0.232 e. The molecule has 1 aliphatic heterocycles. The fraction of sp³-hybridized carbons (Fsp3) is 0.200. The number of nitrogens with zero attached hydrogens (tertiary/aromatic N) is 1. The number of para-hydroxylation sites is 1. The molecule has 2 rings (SSSR count). The van der Waals surface area contributed by atoms with Gasteiger partial charge in [-0.25, -0.2) is 0 Å². The van der Waals surface area contributed by atoms with Gasteiger partial charge in [0, 0.05) is 12.8 Å². The van der Waals surface area contributed by atoms with Crippen molar-refractivity contribution in [2.24, 2.45) is 0 Å². The van der Waals surface area contributed by atoms with Crippen LogP contribution in [0.4, 0.5) is 5.69 Å². The van der Waals surface area contributed by atoms with Gasteiger partial charge < -0.3 is 0 Å². The van der Waals surface area contributed by atoms with Gasteiger partial charge in [-0.3, -0.25) is 9.69 Å². The third-order valence-corrected chi connectivity index (χ3v) is 2.85. The topological polar surface area (TPSA) is 20.3 Å². The van der Waals surface area contributed by atoms with E-state index in [4.69, 9.17) is 23.8 Å². The SMILES string of the molecule is O=C1CCC(=S)N1c1ccccc1Cl. The first-order valence-electron chi connectivity index (χ1n) is 4.30. The number of thiocarbonyl (C=S) groups is 1. The lowest BCUT2D eigenvalue weighted by molar-refractivity contribution is -0.116. The largest absolute Gasteiger partial charge is 0.274 e. The Bertz CT molecular complexity index is 389. The second-order valence-electron chi connectivity index (χ2n) is 3.07. The van der Waals surface area contributed by atoms with E-state index in [1.54, 1.807) is 12.1 Å². The van der Waals surface area contributed by atoms with Crippen LogP contribution >= 0.6 is 23.8 Å². The van der Waals surface area contributed by atoms with Crippen LogP contribution in [0, 0.1) is 0 Å². The molecule has 1 heterocycles. The van der Waals surface area contributed by atoms with Crippen LogP contribution in [0.2, 0.25) is 5.02 Å². The Hall–Kier alpha value is -0.930.